The lowest BCUT2D eigenvalue weighted by atomic mass is 9.94. The predicted octanol–water partition coefficient (Wildman–Crippen LogP) is 4.97. The molecule has 31 heavy (non-hydrogen) atoms. The molecule has 0 aromatic heterocycles. The molecule has 0 bridgehead atoms. The zero-order chi connectivity index (χ0) is 22.0. The summed E-state index contributed by atoms with van der Waals surface area (Å²) in [6.07, 6.45) is 0. The van der Waals surface area contributed by atoms with Gasteiger partial charge in [-0.15, -0.1) is 0 Å². The van der Waals surface area contributed by atoms with E-state index in [4.69, 9.17) is 9.47 Å². The molecule has 0 fully saturated rings. The number of amides is 2. The first-order chi connectivity index (χ1) is 15.0. The Hall–Kier alpha value is -3.58. The summed E-state index contributed by atoms with van der Waals surface area (Å²) in [4.78, 5) is 26.4. The maximum Gasteiger partial charge on any atom is 0.257 e. The average molecular weight is 479 g/mol. The van der Waals surface area contributed by atoms with Crippen molar-refractivity contribution in [3.63, 3.8) is 0 Å². The van der Waals surface area contributed by atoms with Crippen LogP contribution in [-0.4, -0.2) is 26.0 Å². The second-order valence-electron chi connectivity index (χ2n) is 6.78. The molecule has 2 amide bonds. The van der Waals surface area contributed by atoms with Gasteiger partial charge in [0.05, 0.1) is 25.4 Å². The normalized spacial score (nSPS) is 13.8. The molecule has 0 spiro atoms. The Balaban J connectivity index is 1.83. The van der Waals surface area contributed by atoms with Crippen LogP contribution >= 0.6 is 15.9 Å². The van der Waals surface area contributed by atoms with Crippen molar-refractivity contribution < 1.29 is 19.1 Å². The summed E-state index contributed by atoms with van der Waals surface area (Å²) in [5.41, 5.74) is 3.09. The minimum absolute atomic E-state index is 0.282. The van der Waals surface area contributed by atoms with Crippen LogP contribution in [0.1, 0.15) is 11.1 Å². The van der Waals surface area contributed by atoms with Crippen LogP contribution in [0.2, 0.25) is 0 Å². The Bertz CT molecular complexity index is 1210. The van der Waals surface area contributed by atoms with E-state index in [2.05, 4.69) is 26.6 Å². The lowest BCUT2D eigenvalue weighted by Crippen LogP contribution is -2.17. The average Bonchev–Trinajstić information content (AvgIpc) is 3.09. The van der Waals surface area contributed by atoms with Crippen LogP contribution in [0.4, 0.5) is 11.4 Å². The fourth-order valence-corrected chi connectivity index (χ4v) is 3.85. The lowest BCUT2D eigenvalue weighted by Gasteiger charge is -2.14. The van der Waals surface area contributed by atoms with Crippen LogP contribution in [0, 0.1) is 0 Å². The third kappa shape index (κ3) is 4.04. The molecular formula is C24H19BrN2O4. The molecule has 0 atom stereocenters. The van der Waals surface area contributed by atoms with E-state index in [-0.39, 0.29) is 11.5 Å². The van der Waals surface area contributed by atoms with Crippen molar-refractivity contribution >= 4 is 50.3 Å². The molecule has 156 valence electrons. The Labute approximate surface area is 188 Å². The predicted molar refractivity (Wildman–Crippen MR) is 124 cm³/mol. The number of anilines is 2. The monoisotopic (exact) mass is 478 g/mol. The molecule has 1 heterocycles. The van der Waals surface area contributed by atoms with E-state index in [0.29, 0.717) is 39.6 Å². The van der Waals surface area contributed by atoms with Crippen LogP contribution in [-0.2, 0) is 9.59 Å². The van der Waals surface area contributed by atoms with Crippen LogP contribution in [0.15, 0.2) is 71.2 Å². The number of hydrogen-bond acceptors (Lipinski definition) is 4. The van der Waals surface area contributed by atoms with E-state index >= 15 is 0 Å². The van der Waals surface area contributed by atoms with Crippen molar-refractivity contribution in [3.8, 4) is 11.5 Å². The first kappa shape index (κ1) is 20.7. The number of rotatable bonds is 5. The van der Waals surface area contributed by atoms with Gasteiger partial charge < -0.3 is 20.1 Å². The Morgan fingerprint density at radius 3 is 2.39 bits per heavy atom. The molecular weight excluding hydrogens is 460 g/mol. The molecule has 3 aromatic carbocycles. The van der Waals surface area contributed by atoms with Crippen LogP contribution < -0.4 is 20.1 Å². The number of halogens is 1. The summed E-state index contributed by atoms with van der Waals surface area (Å²) >= 11 is 3.45. The van der Waals surface area contributed by atoms with Gasteiger partial charge in [-0.05, 0) is 35.9 Å². The van der Waals surface area contributed by atoms with Gasteiger partial charge in [-0.3, -0.25) is 9.59 Å². The number of fused-ring (bicyclic) bond motifs is 1. The van der Waals surface area contributed by atoms with E-state index in [1.165, 1.54) is 7.11 Å². The summed E-state index contributed by atoms with van der Waals surface area (Å²) < 4.78 is 11.4. The molecule has 0 saturated heterocycles. The Morgan fingerprint density at radius 2 is 1.68 bits per heavy atom. The molecule has 0 aliphatic carbocycles. The molecule has 2 N–H and O–H groups in total. The zero-order valence-electron chi connectivity index (χ0n) is 16.9. The highest BCUT2D eigenvalue weighted by Gasteiger charge is 2.31. The highest BCUT2D eigenvalue weighted by molar-refractivity contribution is 9.10. The summed E-state index contributed by atoms with van der Waals surface area (Å²) in [5, 5.41) is 5.73. The van der Waals surface area contributed by atoms with Gasteiger partial charge in [0.2, 0.25) is 0 Å². The molecule has 6 nitrogen and oxygen atoms in total. The van der Waals surface area contributed by atoms with Crippen molar-refractivity contribution in [2.24, 2.45) is 0 Å². The number of hydrogen-bond donors (Lipinski definition) is 2. The van der Waals surface area contributed by atoms with Gasteiger partial charge in [0.1, 0.15) is 0 Å². The maximum atomic E-state index is 13.5. The van der Waals surface area contributed by atoms with Crippen molar-refractivity contribution in [1.82, 2.24) is 0 Å². The lowest BCUT2D eigenvalue weighted by molar-refractivity contribution is -0.112. The molecule has 1 aliphatic rings. The van der Waals surface area contributed by atoms with E-state index in [9.17, 15) is 9.59 Å². The van der Waals surface area contributed by atoms with E-state index in [1.807, 2.05) is 30.3 Å². The number of carbonyl (C=O) groups excluding carboxylic acids is 2. The highest BCUT2D eigenvalue weighted by Crippen LogP contribution is 2.39. The minimum atomic E-state index is -0.406. The quantitative estimate of drug-likeness (QED) is 0.507. The third-order valence-electron chi connectivity index (χ3n) is 4.91. The number of benzene rings is 3. The SMILES string of the molecule is COc1ccc(NC(=O)/C(=C2\C(=O)Nc3ccc(Br)cc32)c2ccccc2)cc1OC. The fourth-order valence-electron chi connectivity index (χ4n) is 3.49. The van der Waals surface area contributed by atoms with Gasteiger partial charge >= 0.3 is 0 Å². The van der Waals surface area contributed by atoms with Crippen LogP contribution in [0.5, 0.6) is 11.5 Å². The number of nitrogens with one attached hydrogen (secondary N) is 2. The van der Waals surface area contributed by atoms with E-state index < -0.39 is 5.91 Å². The maximum absolute atomic E-state index is 13.5. The number of carbonyl (C=O) groups is 2. The highest BCUT2D eigenvalue weighted by atomic mass is 79.9. The van der Waals surface area contributed by atoms with Crippen LogP contribution in [0.25, 0.3) is 11.1 Å². The topological polar surface area (TPSA) is 76.7 Å². The molecule has 0 unspecified atom stereocenters. The van der Waals surface area contributed by atoms with Gasteiger partial charge in [-0.2, -0.15) is 0 Å². The first-order valence-corrected chi connectivity index (χ1v) is 10.3. The third-order valence-corrected chi connectivity index (χ3v) is 5.40. The van der Waals surface area contributed by atoms with Crippen molar-refractivity contribution in [2.45, 2.75) is 0 Å². The fraction of sp³-hybridized carbons (Fsp3) is 0.0833. The smallest absolute Gasteiger partial charge is 0.257 e. The van der Waals surface area contributed by atoms with Gasteiger partial charge in [0.25, 0.3) is 11.8 Å². The first-order valence-electron chi connectivity index (χ1n) is 9.46. The van der Waals surface area contributed by atoms with Gasteiger partial charge in [0.15, 0.2) is 11.5 Å². The Kier molecular flexibility index (Phi) is 5.77. The number of methoxy groups -OCH3 is 2. The Morgan fingerprint density at radius 1 is 0.935 bits per heavy atom. The zero-order valence-corrected chi connectivity index (χ0v) is 18.4. The van der Waals surface area contributed by atoms with Gasteiger partial charge in [-0.1, -0.05) is 46.3 Å². The largest absolute Gasteiger partial charge is 0.493 e. The summed E-state index contributed by atoms with van der Waals surface area (Å²) in [6.45, 7) is 0. The van der Waals surface area contributed by atoms with Crippen molar-refractivity contribution in [1.29, 1.82) is 0 Å². The van der Waals surface area contributed by atoms with E-state index in [0.717, 1.165) is 4.47 Å². The molecule has 1 aliphatic heterocycles. The van der Waals surface area contributed by atoms with E-state index in [1.54, 1.807) is 43.5 Å². The summed E-state index contributed by atoms with van der Waals surface area (Å²) in [6, 6.07) is 19.7. The molecule has 3 aromatic rings. The van der Waals surface area contributed by atoms with Crippen LogP contribution in [0.3, 0.4) is 0 Å². The summed E-state index contributed by atoms with van der Waals surface area (Å²) in [5.74, 6) is 0.309. The number of ether oxygens (including phenoxy) is 2. The molecule has 4 rings (SSSR count). The minimum Gasteiger partial charge on any atom is -0.493 e. The standard InChI is InChI=1S/C24H19BrN2O4/c1-30-19-11-9-16(13-20(19)31-2)26-23(28)21(14-6-4-3-5-7-14)22-17-12-15(25)8-10-18(17)27-24(22)29/h3-13H,1-2H3,(H,26,28)(H,27,29)/b22-21-. The summed E-state index contributed by atoms with van der Waals surface area (Å²) in [7, 11) is 3.07. The van der Waals surface area contributed by atoms with Gasteiger partial charge in [0, 0.05) is 27.5 Å². The molecule has 0 radical (unpaired) electrons. The van der Waals surface area contributed by atoms with Crippen molar-refractivity contribution in [3.05, 3.63) is 82.3 Å². The molecule has 0 saturated carbocycles. The second kappa shape index (κ2) is 8.65. The van der Waals surface area contributed by atoms with Gasteiger partial charge in [-0.25, -0.2) is 0 Å². The molecule has 7 heteroatoms. The van der Waals surface area contributed by atoms with Crippen molar-refractivity contribution in [2.75, 3.05) is 24.9 Å². The second-order valence-corrected chi connectivity index (χ2v) is 7.70.